The van der Waals surface area contributed by atoms with Crippen LogP contribution in [0.25, 0.3) is 0 Å². The summed E-state index contributed by atoms with van der Waals surface area (Å²) in [5, 5.41) is 10.7. The van der Waals surface area contributed by atoms with Crippen LogP contribution in [0.5, 0.6) is 0 Å². The molecule has 5 atom stereocenters. The smallest absolute Gasteiger partial charge is 0.462 e. The Labute approximate surface area is 653 Å². The highest BCUT2D eigenvalue weighted by atomic mass is 31.2. The van der Waals surface area contributed by atoms with Crippen molar-refractivity contribution in [1.82, 2.24) is 0 Å². The van der Waals surface area contributed by atoms with Crippen molar-refractivity contribution in [3.8, 4) is 0 Å². The van der Waals surface area contributed by atoms with Gasteiger partial charge in [0.1, 0.15) is 19.3 Å². The Morgan fingerprint density at radius 1 is 0.259 bits per heavy atom. The number of allylic oxidation sites excluding steroid dienone is 32. The van der Waals surface area contributed by atoms with E-state index in [4.69, 9.17) is 37.0 Å². The molecule has 19 heteroatoms. The molecule has 0 amide bonds. The van der Waals surface area contributed by atoms with Crippen molar-refractivity contribution in [2.45, 2.75) is 303 Å². The second-order valence-electron chi connectivity index (χ2n) is 26.2. The quantitative estimate of drug-likeness (QED) is 0.0169. The molecule has 0 rings (SSSR count). The van der Waals surface area contributed by atoms with Gasteiger partial charge in [-0.05, 0) is 180 Å². The molecule has 3 N–H and O–H groups in total. The lowest BCUT2D eigenvalue weighted by atomic mass is 10.1. The molecule has 5 unspecified atom stereocenters. The van der Waals surface area contributed by atoms with E-state index in [9.17, 15) is 43.2 Å². The molecular formula is C89H142O17P2. The van der Waals surface area contributed by atoms with E-state index in [2.05, 4.69) is 222 Å². The largest absolute Gasteiger partial charge is 0.472 e. The molecule has 0 aromatic heterocycles. The van der Waals surface area contributed by atoms with Gasteiger partial charge in [0.05, 0.1) is 26.4 Å². The van der Waals surface area contributed by atoms with Crippen LogP contribution in [-0.4, -0.2) is 96.7 Å². The molecule has 0 saturated carbocycles. The maximum Gasteiger partial charge on any atom is 0.472 e. The summed E-state index contributed by atoms with van der Waals surface area (Å²) >= 11 is 0. The average Bonchev–Trinajstić information content (AvgIpc) is 0.923. The van der Waals surface area contributed by atoms with E-state index in [0.29, 0.717) is 32.1 Å². The molecule has 0 heterocycles. The van der Waals surface area contributed by atoms with E-state index in [1.807, 2.05) is 0 Å². The van der Waals surface area contributed by atoms with Gasteiger partial charge in [0, 0.05) is 25.7 Å². The lowest BCUT2D eigenvalue weighted by Crippen LogP contribution is -2.30. The van der Waals surface area contributed by atoms with E-state index in [0.717, 1.165) is 199 Å². The zero-order valence-corrected chi connectivity index (χ0v) is 68.5. The summed E-state index contributed by atoms with van der Waals surface area (Å²) < 4.78 is 68.6. The van der Waals surface area contributed by atoms with Crippen LogP contribution in [-0.2, 0) is 65.4 Å². The number of ether oxygens (including phenoxy) is 4. The van der Waals surface area contributed by atoms with Gasteiger partial charge in [0.2, 0.25) is 0 Å². The van der Waals surface area contributed by atoms with Gasteiger partial charge in [-0.15, -0.1) is 0 Å². The first-order valence-corrected chi connectivity index (χ1v) is 43.7. The van der Waals surface area contributed by atoms with Crippen LogP contribution in [0.15, 0.2) is 194 Å². The number of hydrogen-bond acceptors (Lipinski definition) is 15. The zero-order valence-electron chi connectivity index (χ0n) is 66.7. The minimum atomic E-state index is -5.01. The predicted octanol–water partition coefficient (Wildman–Crippen LogP) is 24.1. The van der Waals surface area contributed by atoms with Gasteiger partial charge in [0.15, 0.2) is 12.2 Å². The summed E-state index contributed by atoms with van der Waals surface area (Å²) in [7, 11) is -10.0. The minimum Gasteiger partial charge on any atom is -0.462 e. The SMILES string of the molecule is CC/C=C\C/C=C\C/C=C\C/C=C\C/C=C\CCCCCC(=O)OCC(COP(=O)(O)OCC(O)COP(=O)(O)OCC(COC(=O)CCCCCCCC/C=C\C/C=C\C/C=C\C/C=C\CC)OC(=O)CCCCCCC/C=C\C/C=C\C/C=C\CC)OC(=O)CCCC/C=C\C/C=C\C/C=C\C/C=C\CC. The van der Waals surface area contributed by atoms with E-state index in [-0.39, 0.29) is 25.7 Å². The first kappa shape index (κ1) is 102. The highest BCUT2D eigenvalue weighted by Crippen LogP contribution is 2.45. The van der Waals surface area contributed by atoms with E-state index in [1.54, 1.807) is 0 Å². The van der Waals surface area contributed by atoms with Gasteiger partial charge < -0.3 is 33.8 Å². The predicted molar refractivity (Wildman–Crippen MR) is 445 cm³/mol. The van der Waals surface area contributed by atoms with E-state index >= 15 is 0 Å². The molecule has 610 valence electrons. The average molecular weight is 1550 g/mol. The van der Waals surface area contributed by atoms with Crippen molar-refractivity contribution in [2.75, 3.05) is 39.6 Å². The van der Waals surface area contributed by atoms with Gasteiger partial charge in [-0.3, -0.25) is 37.3 Å². The first-order valence-electron chi connectivity index (χ1n) is 40.7. The summed E-state index contributed by atoms with van der Waals surface area (Å²) in [5.41, 5.74) is 0. The Hall–Kier alpha value is -6.10. The molecule has 17 nitrogen and oxygen atoms in total. The number of carbonyl (C=O) groups excluding carboxylic acids is 4. The number of phosphoric ester groups is 2. The molecule has 108 heavy (non-hydrogen) atoms. The fourth-order valence-electron chi connectivity index (χ4n) is 10.0. The molecule has 0 bridgehead atoms. The second-order valence-corrected chi connectivity index (χ2v) is 29.1. The van der Waals surface area contributed by atoms with E-state index in [1.165, 1.54) is 0 Å². The first-order chi connectivity index (χ1) is 52.7. The Kier molecular flexibility index (Phi) is 74.5. The maximum atomic E-state index is 13.1. The van der Waals surface area contributed by atoms with Gasteiger partial charge in [-0.2, -0.15) is 0 Å². The highest BCUT2D eigenvalue weighted by Gasteiger charge is 2.30. The molecule has 0 fully saturated rings. The highest BCUT2D eigenvalue weighted by molar-refractivity contribution is 7.47. The number of esters is 4. The van der Waals surface area contributed by atoms with Crippen molar-refractivity contribution >= 4 is 39.5 Å². The molecule has 0 aliphatic heterocycles. The molecular weight excluding hydrogens is 1400 g/mol. The fourth-order valence-corrected chi connectivity index (χ4v) is 11.6. The van der Waals surface area contributed by atoms with Crippen LogP contribution in [0.3, 0.4) is 0 Å². The van der Waals surface area contributed by atoms with Crippen LogP contribution in [0.1, 0.15) is 285 Å². The molecule has 0 aromatic carbocycles. The molecule has 0 aliphatic rings. The second kappa shape index (κ2) is 79.0. The number of phosphoric acid groups is 2. The van der Waals surface area contributed by atoms with Crippen molar-refractivity contribution in [3.63, 3.8) is 0 Å². The number of carbonyl (C=O) groups is 4. The van der Waals surface area contributed by atoms with Crippen LogP contribution >= 0.6 is 15.6 Å². The van der Waals surface area contributed by atoms with Crippen molar-refractivity contribution in [2.24, 2.45) is 0 Å². The van der Waals surface area contributed by atoms with E-state index < -0.39 is 97.5 Å². The standard InChI is InChI=1S/C89H142O17P2/c1-5-9-13-17-21-25-29-33-37-39-41-43-47-49-53-57-61-65-69-73-86(91)99-79-84(105-88(93)75-71-67-63-59-55-51-45-35-31-27-23-19-15-11-7-3)81-103-107(95,96)101-77-83(90)78-102-108(97,98)104-82-85(106-89(94)76-72-68-64-60-56-52-46-36-32-28-24-20-16-12-8-4)80-100-87(92)74-70-66-62-58-54-50-48-44-42-40-38-34-30-26-22-18-14-10-6-2/h9-16,21-28,33-38,41-46,49,53,55,59,83-85,90H,5-8,17-20,29-32,39-40,47-48,50-52,54,56-58,60-82H2,1-4H3,(H,95,96)(H,97,98)/b13-9-,14-10-,15-11-,16-12-,25-21-,26-22-,27-23-,28-24-,37-33-,38-34-,43-41-,44-42-,45-35-,46-36-,53-49-,59-55-. The third kappa shape index (κ3) is 78.0. The number of aliphatic hydroxyl groups is 1. The third-order valence-electron chi connectivity index (χ3n) is 16.0. The van der Waals surface area contributed by atoms with Crippen LogP contribution in [0.4, 0.5) is 0 Å². The Morgan fingerprint density at radius 2 is 0.454 bits per heavy atom. The van der Waals surface area contributed by atoms with Gasteiger partial charge in [-0.1, -0.05) is 273 Å². The molecule has 0 radical (unpaired) electrons. The lowest BCUT2D eigenvalue weighted by molar-refractivity contribution is -0.161. The summed E-state index contributed by atoms with van der Waals surface area (Å²) in [5.74, 6) is -2.31. The van der Waals surface area contributed by atoms with Gasteiger partial charge in [0.25, 0.3) is 0 Å². The normalized spacial score (nSPS) is 14.8. The Morgan fingerprint density at radius 3 is 0.722 bits per heavy atom. The summed E-state index contributed by atoms with van der Waals surface area (Å²) in [6, 6.07) is 0. The molecule has 0 aromatic rings. The lowest BCUT2D eigenvalue weighted by Gasteiger charge is -2.21. The summed E-state index contributed by atoms with van der Waals surface area (Å²) in [6.45, 7) is 4.28. The Balaban J connectivity index is 5.47. The van der Waals surface area contributed by atoms with Crippen molar-refractivity contribution in [1.29, 1.82) is 0 Å². The third-order valence-corrected chi connectivity index (χ3v) is 17.9. The topological polar surface area (TPSA) is 237 Å². The number of unbranched alkanes of at least 4 members (excludes halogenated alkanes) is 16. The maximum absolute atomic E-state index is 13.1. The number of aliphatic hydroxyl groups excluding tert-OH is 1. The monoisotopic (exact) mass is 1540 g/mol. The minimum absolute atomic E-state index is 0.0267. The number of hydrogen-bond donors (Lipinski definition) is 3. The Bertz CT molecular complexity index is 2810. The fraction of sp³-hybridized carbons (Fsp3) is 0.596. The molecule has 0 aliphatic carbocycles. The molecule has 0 saturated heterocycles. The summed E-state index contributed by atoms with van der Waals surface area (Å²) in [4.78, 5) is 73.1. The van der Waals surface area contributed by atoms with Crippen molar-refractivity contribution < 1.29 is 80.2 Å². The van der Waals surface area contributed by atoms with Crippen molar-refractivity contribution in [3.05, 3.63) is 194 Å². The van der Waals surface area contributed by atoms with Crippen LogP contribution in [0, 0.1) is 0 Å². The van der Waals surface area contributed by atoms with Crippen LogP contribution < -0.4 is 0 Å². The number of rotatable bonds is 74. The van der Waals surface area contributed by atoms with Gasteiger partial charge >= 0.3 is 39.5 Å². The summed E-state index contributed by atoms with van der Waals surface area (Å²) in [6.07, 6.45) is 96.9. The zero-order chi connectivity index (χ0) is 78.9. The van der Waals surface area contributed by atoms with Gasteiger partial charge in [-0.25, -0.2) is 9.13 Å². The molecule has 0 spiro atoms. The van der Waals surface area contributed by atoms with Crippen LogP contribution in [0.2, 0.25) is 0 Å².